The molecule has 0 aliphatic heterocycles. The van der Waals surface area contributed by atoms with Crippen LogP contribution < -0.4 is 16.6 Å². The second kappa shape index (κ2) is 8.24. The molecule has 1 amide bonds. The van der Waals surface area contributed by atoms with Gasteiger partial charge >= 0.3 is 5.69 Å². The molecule has 5 rings (SSSR count). The van der Waals surface area contributed by atoms with Crippen molar-refractivity contribution < 1.29 is 4.79 Å². The smallest absolute Gasteiger partial charge is 0.325 e. The number of nitrogens with zero attached hydrogens (tertiary/aromatic N) is 2. The molecule has 0 atom stereocenters. The molecule has 0 unspecified atom stereocenters. The number of hydrogen-bond acceptors (Lipinski definition) is 4. The molecule has 9 heteroatoms. The van der Waals surface area contributed by atoms with Gasteiger partial charge in [-0.15, -0.1) is 11.3 Å². The van der Waals surface area contributed by atoms with Crippen molar-refractivity contribution in [2.75, 3.05) is 5.32 Å². The van der Waals surface area contributed by atoms with Crippen LogP contribution in [0.25, 0.3) is 15.9 Å². The van der Waals surface area contributed by atoms with Crippen LogP contribution >= 0.6 is 34.5 Å². The van der Waals surface area contributed by atoms with E-state index in [0.29, 0.717) is 31.6 Å². The summed E-state index contributed by atoms with van der Waals surface area (Å²) in [7, 11) is 0. The Morgan fingerprint density at radius 2 is 1.62 bits per heavy atom. The zero-order chi connectivity index (χ0) is 22.4. The van der Waals surface area contributed by atoms with Gasteiger partial charge in [-0.25, -0.2) is 9.36 Å². The van der Waals surface area contributed by atoms with Gasteiger partial charge in [-0.1, -0.05) is 23.2 Å². The maximum Gasteiger partial charge on any atom is 0.337 e. The third-order valence-corrected chi connectivity index (χ3v) is 7.32. The SMILES string of the molecule is O=C(Cn1c(=O)n(-c2ccc(Cl)cc2)c(=O)c2c3c(sc21)CCC3)Nc1ccc(Cl)cc1. The zero-order valence-electron chi connectivity index (χ0n) is 16.7. The molecule has 2 aromatic carbocycles. The second-order valence-corrected chi connectivity index (χ2v) is 9.53. The van der Waals surface area contributed by atoms with Gasteiger partial charge in [0.25, 0.3) is 5.56 Å². The highest BCUT2D eigenvalue weighted by atomic mass is 35.5. The molecular weight excluding hydrogens is 469 g/mol. The van der Waals surface area contributed by atoms with E-state index in [4.69, 9.17) is 23.2 Å². The zero-order valence-corrected chi connectivity index (χ0v) is 19.1. The number of halogens is 2. The van der Waals surface area contributed by atoms with Crippen LogP contribution in [0, 0.1) is 0 Å². The number of nitrogens with one attached hydrogen (secondary N) is 1. The van der Waals surface area contributed by atoms with E-state index in [2.05, 4.69) is 5.32 Å². The monoisotopic (exact) mass is 485 g/mol. The van der Waals surface area contributed by atoms with Crippen molar-refractivity contribution >= 4 is 56.3 Å². The van der Waals surface area contributed by atoms with Crippen LogP contribution in [0.5, 0.6) is 0 Å². The molecule has 162 valence electrons. The molecule has 1 aliphatic rings. The number of anilines is 1. The van der Waals surface area contributed by atoms with E-state index in [1.165, 1.54) is 15.9 Å². The van der Waals surface area contributed by atoms with Gasteiger partial charge in [0.1, 0.15) is 11.4 Å². The van der Waals surface area contributed by atoms with Gasteiger partial charge in [-0.2, -0.15) is 0 Å². The van der Waals surface area contributed by atoms with E-state index >= 15 is 0 Å². The van der Waals surface area contributed by atoms with Crippen LogP contribution in [0.1, 0.15) is 16.9 Å². The number of fused-ring (bicyclic) bond motifs is 3. The van der Waals surface area contributed by atoms with Gasteiger partial charge in [0.05, 0.1) is 11.1 Å². The van der Waals surface area contributed by atoms with Gasteiger partial charge in [0.2, 0.25) is 5.91 Å². The van der Waals surface area contributed by atoms with Crippen LogP contribution in [0.3, 0.4) is 0 Å². The maximum atomic E-state index is 13.5. The highest BCUT2D eigenvalue weighted by molar-refractivity contribution is 7.19. The fourth-order valence-electron chi connectivity index (χ4n) is 4.04. The summed E-state index contributed by atoms with van der Waals surface area (Å²) in [4.78, 5) is 41.3. The van der Waals surface area contributed by atoms with E-state index in [1.807, 2.05) is 0 Å². The quantitative estimate of drug-likeness (QED) is 0.457. The molecule has 0 radical (unpaired) electrons. The van der Waals surface area contributed by atoms with Crippen molar-refractivity contribution in [2.45, 2.75) is 25.8 Å². The minimum absolute atomic E-state index is 0.217. The second-order valence-electron chi connectivity index (χ2n) is 7.58. The normalized spacial score (nSPS) is 12.8. The molecule has 6 nitrogen and oxygen atoms in total. The van der Waals surface area contributed by atoms with E-state index in [0.717, 1.165) is 34.3 Å². The third-order valence-electron chi connectivity index (χ3n) is 5.50. The van der Waals surface area contributed by atoms with E-state index in [-0.39, 0.29) is 18.0 Å². The third kappa shape index (κ3) is 3.66. The van der Waals surface area contributed by atoms with Crippen molar-refractivity contribution in [3.63, 3.8) is 0 Å². The van der Waals surface area contributed by atoms with E-state index < -0.39 is 5.69 Å². The number of amides is 1. The first kappa shape index (κ1) is 21.0. The molecule has 1 N–H and O–H groups in total. The number of benzene rings is 2. The van der Waals surface area contributed by atoms with Crippen molar-refractivity contribution in [2.24, 2.45) is 0 Å². The van der Waals surface area contributed by atoms with Crippen molar-refractivity contribution in [1.29, 1.82) is 0 Å². The van der Waals surface area contributed by atoms with Gasteiger partial charge in [0.15, 0.2) is 0 Å². The van der Waals surface area contributed by atoms with Crippen LogP contribution in [0.2, 0.25) is 10.0 Å². The molecule has 2 heterocycles. The lowest BCUT2D eigenvalue weighted by molar-refractivity contribution is -0.116. The van der Waals surface area contributed by atoms with Crippen LogP contribution in [-0.2, 0) is 24.2 Å². The lowest BCUT2D eigenvalue weighted by Gasteiger charge is -2.13. The summed E-state index contributed by atoms with van der Waals surface area (Å²) in [5.41, 5.74) is 1.06. The molecule has 4 aromatic rings. The average molecular weight is 486 g/mol. The van der Waals surface area contributed by atoms with Gasteiger partial charge in [0, 0.05) is 20.6 Å². The molecule has 0 spiro atoms. The van der Waals surface area contributed by atoms with Crippen molar-refractivity contribution in [3.8, 4) is 5.69 Å². The highest BCUT2D eigenvalue weighted by Crippen LogP contribution is 2.35. The number of rotatable bonds is 4. The lowest BCUT2D eigenvalue weighted by Crippen LogP contribution is -2.40. The molecule has 0 fully saturated rings. The predicted octanol–water partition coefficient (Wildman–Crippen LogP) is 4.65. The Hall–Kier alpha value is -2.87. The molecule has 2 aromatic heterocycles. The Balaban J connectivity index is 1.65. The van der Waals surface area contributed by atoms with Crippen molar-refractivity contribution in [3.05, 3.63) is 89.9 Å². The summed E-state index contributed by atoms with van der Waals surface area (Å²) in [5.74, 6) is -0.370. The lowest BCUT2D eigenvalue weighted by atomic mass is 10.2. The summed E-state index contributed by atoms with van der Waals surface area (Å²) >= 11 is 13.3. The largest absolute Gasteiger partial charge is 0.337 e. The number of thiophene rings is 1. The number of aryl methyl sites for hydroxylation is 2. The molecule has 0 saturated heterocycles. The van der Waals surface area contributed by atoms with E-state index in [1.54, 1.807) is 48.5 Å². The summed E-state index contributed by atoms with van der Waals surface area (Å²) in [5, 5.41) is 4.37. The van der Waals surface area contributed by atoms with Crippen LogP contribution in [0.4, 0.5) is 5.69 Å². The fourth-order valence-corrected chi connectivity index (χ4v) is 5.67. The summed E-state index contributed by atoms with van der Waals surface area (Å²) in [6.07, 6.45) is 2.65. The minimum Gasteiger partial charge on any atom is -0.325 e. The number of carbonyl (C=O) groups excluding carboxylic acids is 1. The Morgan fingerprint density at radius 1 is 0.969 bits per heavy atom. The Morgan fingerprint density at radius 3 is 2.31 bits per heavy atom. The topological polar surface area (TPSA) is 73.1 Å². The number of carbonyl (C=O) groups is 1. The van der Waals surface area contributed by atoms with Crippen LogP contribution in [-0.4, -0.2) is 15.0 Å². The fraction of sp³-hybridized carbons (Fsp3) is 0.174. The predicted molar refractivity (Wildman–Crippen MR) is 129 cm³/mol. The Bertz CT molecular complexity index is 1470. The molecule has 0 bridgehead atoms. The highest BCUT2D eigenvalue weighted by Gasteiger charge is 2.25. The van der Waals surface area contributed by atoms with Gasteiger partial charge in [-0.05, 0) is 73.4 Å². The molecule has 0 saturated carbocycles. The maximum absolute atomic E-state index is 13.5. The van der Waals surface area contributed by atoms with Gasteiger partial charge < -0.3 is 5.32 Å². The van der Waals surface area contributed by atoms with Gasteiger partial charge in [-0.3, -0.25) is 14.2 Å². The number of hydrogen-bond donors (Lipinski definition) is 1. The van der Waals surface area contributed by atoms with Crippen molar-refractivity contribution in [1.82, 2.24) is 9.13 Å². The van der Waals surface area contributed by atoms with Crippen LogP contribution in [0.15, 0.2) is 58.1 Å². The summed E-state index contributed by atoms with van der Waals surface area (Å²) < 4.78 is 2.51. The molecule has 32 heavy (non-hydrogen) atoms. The molecular formula is C23H17Cl2N3O3S. The first-order valence-corrected chi connectivity index (χ1v) is 11.6. The number of aromatic nitrogens is 2. The molecule has 1 aliphatic carbocycles. The minimum atomic E-state index is -0.559. The first-order chi connectivity index (χ1) is 15.4. The standard InChI is InChI=1S/C23H17Cl2N3O3S/c24-13-4-8-15(9-5-13)26-19(29)12-27-22-20(17-2-1-3-18(17)32-22)21(30)28(23(27)31)16-10-6-14(25)7-11-16/h4-11H,1-3,12H2,(H,26,29). The summed E-state index contributed by atoms with van der Waals surface area (Å²) in [6, 6.07) is 13.2. The summed E-state index contributed by atoms with van der Waals surface area (Å²) in [6.45, 7) is -0.217. The first-order valence-electron chi connectivity index (χ1n) is 10.0. The Labute approximate surface area is 196 Å². The average Bonchev–Trinajstić information content (AvgIpc) is 3.36. The Kier molecular flexibility index (Phi) is 5.41. The van der Waals surface area contributed by atoms with E-state index in [9.17, 15) is 14.4 Å².